The number of hydrogen-bond donors (Lipinski definition) is 1. The van der Waals surface area contributed by atoms with Gasteiger partial charge in [0.2, 0.25) is 5.75 Å². The average molecular weight is 290 g/mol. The number of rotatable bonds is 8. The number of halogens is 1. The maximum atomic E-state index is 5.74. The summed E-state index contributed by atoms with van der Waals surface area (Å²) in [4.78, 5) is 0. The first-order valence-electron chi connectivity index (χ1n) is 6.34. The standard InChI is InChI=1S/C14H23NO3.ClH/c1-4-5-8-18-14-12(16-2)9-11(6-7-15)10-13(14)17-3;/h9-10H,4-8,15H2,1-3H3;1H. The first-order chi connectivity index (χ1) is 8.76. The first kappa shape index (κ1) is 17.9. The molecule has 0 unspecified atom stereocenters. The van der Waals surface area contributed by atoms with Gasteiger partial charge in [-0.3, -0.25) is 0 Å². The van der Waals surface area contributed by atoms with Crippen LogP contribution in [0.25, 0.3) is 0 Å². The highest BCUT2D eigenvalue weighted by molar-refractivity contribution is 5.85. The summed E-state index contributed by atoms with van der Waals surface area (Å²) in [6, 6.07) is 3.91. The smallest absolute Gasteiger partial charge is 0.203 e. The quantitative estimate of drug-likeness (QED) is 0.748. The summed E-state index contributed by atoms with van der Waals surface area (Å²) in [7, 11) is 3.27. The van der Waals surface area contributed by atoms with Crippen molar-refractivity contribution in [2.75, 3.05) is 27.4 Å². The van der Waals surface area contributed by atoms with E-state index in [0.29, 0.717) is 30.4 Å². The molecule has 0 radical (unpaired) electrons. The Morgan fingerprint density at radius 3 is 2.11 bits per heavy atom. The summed E-state index contributed by atoms with van der Waals surface area (Å²) in [5.74, 6) is 2.08. The highest BCUT2D eigenvalue weighted by Gasteiger charge is 2.13. The second-order valence-corrected chi connectivity index (χ2v) is 4.07. The molecule has 2 N–H and O–H groups in total. The summed E-state index contributed by atoms with van der Waals surface area (Å²) in [6.07, 6.45) is 2.90. The zero-order valence-electron chi connectivity index (χ0n) is 11.9. The predicted octanol–water partition coefficient (Wildman–Crippen LogP) is 2.81. The van der Waals surface area contributed by atoms with E-state index in [1.165, 1.54) is 0 Å². The summed E-state index contributed by atoms with van der Waals surface area (Å²) in [6.45, 7) is 3.39. The molecule has 1 aromatic rings. The van der Waals surface area contributed by atoms with Crippen LogP contribution in [0.2, 0.25) is 0 Å². The van der Waals surface area contributed by atoms with Crippen LogP contribution in [-0.2, 0) is 6.42 Å². The molecular formula is C14H24ClNO3. The Morgan fingerprint density at radius 2 is 1.68 bits per heavy atom. The molecule has 0 saturated heterocycles. The molecule has 0 saturated carbocycles. The van der Waals surface area contributed by atoms with E-state index in [2.05, 4.69) is 6.92 Å². The maximum Gasteiger partial charge on any atom is 0.203 e. The lowest BCUT2D eigenvalue weighted by Gasteiger charge is -2.15. The number of hydrogen-bond acceptors (Lipinski definition) is 4. The van der Waals surface area contributed by atoms with Gasteiger partial charge < -0.3 is 19.9 Å². The van der Waals surface area contributed by atoms with E-state index >= 15 is 0 Å². The van der Waals surface area contributed by atoms with Gasteiger partial charge in [0, 0.05) is 0 Å². The summed E-state index contributed by atoms with van der Waals surface area (Å²) >= 11 is 0. The molecule has 19 heavy (non-hydrogen) atoms. The van der Waals surface area contributed by atoms with Crippen LogP contribution in [0.4, 0.5) is 0 Å². The molecule has 0 aliphatic rings. The Balaban J connectivity index is 0.00000324. The number of unbranched alkanes of at least 4 members (excludes halogenated alkanes) is 1. The van der Waals surface area contributed by atoms with Gasteiger partial charge in [0.25, 0.3) is 0 Å². The van der Waals surface area contributed by atoms with Crippen molar-refractivity contribution in [3.8, 4) is 17.2 Å². The van der Waals surface area contributed by atoms with E-state index in [0.717, 1.165) is 24.8 Å². The number of benzene rings is 1. The Hall–Kier alpha value is -1.13. The van der Waals surface area contributed by atoms with Gasteiger partial charge in [0.05, 0.1) is 20.8 Å². The third-order valence-electron chi connectivity index (χ3n) is 2.70. The Labute approximate surface area is 121 Å². The fraction of sp³-hybridized carbons (Fsp3) is 0.571. The van der Waals surface area contributed by atoms with Crippen LogP contribution in [0.3, 0.4) is 0 Å². The summed E-state index contributed by atoms with van der Waals surface area (Å²) < 4.78 is 16.5. The third kappa shape index (κ3) is 5.17. The van der Waals surface area contributed by atoms with E-state index in [1.54, 1.807) is 14.2 Å². The number of methoxy groups -OCH3 is 2. The van der Waals surface area contributed by atoms with Crippen molar-refractivity contribution >= 4 is 12.4 Å². The topological polar surface area (TPSA) is 53.7 Å². The average Bonchev–Trinajstić information content (AvgIpc) is 2.40. The summed E-state index contributed by atoms with van der Waals surface area (Å²) in [5, 5.41) is 0. The molecular weight excluding hydrogens is 266 g/mol. The third-order valence-corrected chi connectivity index (χ3v) is 2.70. The lowest BCUT2D eigenvalue weighted by atomic mass is 10.1. The molecule has 0 aromatic heterocycles. The van der Waals surface area contributed by atoms with Crippen molar-refractivity contribution in [1.29, 1.82) is 0 Å². The van der Waals surface area contributed by atoms with Gasteiger partial charge in [-0.15, -0.1) is 12.4 Å². The van der Waals surface area contributed by atoms with Crippen LogP contribution >= 0.6 is 12.4 Å². The Bertz CT molecular complexity index is 347. The minimum Gasteiger partial charge on any atom is -0.493 e. The largest absolute Gasteiger partial charge is 0.493 e. The van der Waals surface area contributed by atoms with Gasteiger partial charge >= 0.3 is 0 Å². The van der Waals surface area contributed by atoms with Gasteiger partial charge in [0.15, 0.2) is 11.5 Å². The van der Waals surface area contributed by atoms with Crippen LogP contribution in [-0.4, -0.2) is 27.4 Å². The highest BCUT2D eigenvalue weighted by Crippen LogP contribution is 2.38. The molecule has 0 atom stereocenters. The van der Waals surface area contributed by atoms with Crippen LogP contribution in [0.5, 0.6) is 17.2 Å². The summed E-state index contributed by atoms with van der Waals surface area (Å²) in [5.41, 5.74) is 6.66. The van der Waals surface area contributed by atoms with Crippen molar-refractivity contribution in [3.05, 3.63) is 17.7 Å². The molecule has 0 aliphatic carbocycles. The van der Waals surface area contributed by atoms with Crippen molar-refractivity contribution in [2.45, 2.75) is 26.2 Å². The monoisotopic (exact) mass is 289 g/mol. The zero-order chi connectivity index (χ0) is 13.4. The van der Waals surface area contributed by atoms with Crippen molar-refractivity contribution < 1.29 is 14.2 Å². The van der Waals surface area contributed by atoms with Gasteiger partial charge in [-0.05, 0) is 37.1 Å². The normalized spacial score (nSPS) is 9.68. The van der Waals surface area contributed by atoms with Crippen molar-refractivity contribution in [2.24, 2.45) is 5.73 Å². The molecule has 0 fully saturated rings. The molecule has 1 rings (SSSR count). The SMILES string of the molecule is CCCCOc1c(OC)cc(CCN)cc1OC.Cl. The second-order valence-electron chi connectivity index (χ2n) is 4.07. The van der Waals surface area contributed by atoms with Crippen LogP contribution < -0.4 is 19.9 Å². The minimum absolute atomic E-state index is 0. The zero-order valence-corrected chi connectivity index (χ0v) is 12.7. The van der Waals surface area contributed by atoms with Crippen LogP contribution in [0, 0.1) is 0 Å². The first-order valence-corrected chi connectivity index (χ1v) is 6.34. The van der Waals surface area contributed by atoms with Gasteiger partial charge in [0.1, 0.15) is 0 Å². The number of nitrogens with two attached hydrogens (primary N) is 1. The van der Waals surface area contributed by atoms with E-state index in [9.17, 15) is 0 Å². The second kappa shape index (κ2) is 9.75. The highest BCUT2D eigenvalue weighted by atomic mass is 35.5. The van der Waals surface area contributed by atoms with E-state index < -0.39 is 0 Å². The minimum atomic E-state index is 0. The van der Waals surface area contributed by atoms with Crippen molar-refractivity contribution in [1.82, 2.24) is 0 Å². The van der Waals surface area contributed by atoms with Crippen LogP contribution in [0.15, 0.2) is 12.1 Å². The van der Waals surface area contributed by atoms with Crippen LogP contribution in [0.1, 0.15) is 25.3 Å². The molecule has 0 bridgehead atoms. The fourth-order valence-corrected chi connectivity index (χ4v) is 1.71. The molecule has 110 valence electrons. The van der Waals surface area contributed by atoms with E-state index in [4.69, 9.17) is 19.9 Å². The van der Waals surface area contributed by atoms with Gasteiger partial charge in [-0.1, -0.05) is 13.3 Å². The molecule has 5 heteroatoms. The molecule has 0 spiro atoms. The van der Waals surface area contributed by atoms with Crippen molar-refractivity contribution in [3.63, 3.8) is 0 Å². The number of ether oxygens (including phenoxy) is 3. The Kier molecular flexibility index (Phi) is 9.17. The fourth-order valence-electron chi connectivity index (χ4n) is 1.71. The van der Waals surface area contributed by atoms with E-state index in [1.807, 2.05) is 12.1 Å². The molecule has 0 aliphatic heterocycles. The maximum absolute atomic E-state index is 5.74. The van der Waals surface area contributed by atoms with E-state index in [-0.39, 0.29) is 12.4 Å². The van der Waals surface area contributed by atoms with Gasteiger partial charge in [-0.25, -0.2) is 0 Å². The molecule has 4 nitrogen and oxygen atoms in total. The lowest BCUT2D eigenvalue weighted by molar-refractivity contribution is 0.269. The molecule has 0 heterocycles. The van der Waals surface area contributed by atoms with Gasteiger partial charge in [-0.2, -0.15) is 0 Å². The lowest BCUT2D eigenvalue weighted by Crippen LogP contribution is -2.05. The predicted molar refractivity (Wildman–Crippen MR) is 80.0 cm³/mol. The molecule has 1 aromatic carbocycles. The molecule has 0 amide bonds. The Morgan fingerprint density at radius 1 is 1.11 bits per heavy atom.